The van der Waals surface area contributed by atoms with E-state index in [2.05, 4.69) is 0 Å². The van der Waals surface area contributed by atoms with Gasteiger partial charge in [-0.25, -0.2) is 9.18 Å². The van der Waals surface area contributed by atoms with Crippen molar-refractivity contribution in [1.82, 2.24) is 4.57 Å². The molecule has 0 bridgehead atoms. The number of carboxylic acid groups (broad SMARTS) is 1. The number of hydrogen-bond donors (Lipinski definition) is 2. The molecule has 2 fully saturated rings. The molecule has 7 nitrogen and oxygen atoms in total. The monoisotopic (exact) mass is 403 g/mol. The summed E-state index contributed by atoms with van der Waals surface area (Å²) in [5.41, 5.74) is 5.82. The zero-order chi connectivity index (χ0) is 20.9. The quantitative estimate of drug-likeness (QED) is 0.770. The molecule has 3 N–H and O–H groups in total. The van der Waals surface area contributed by atoms with Gasteiger partial charge in [-0.2, -0.15) is 0 Å². The number of aromatic nitrogens is 1. The molecule has 2 aliphatic rings. The molecule has 1 saturated heterocycles. The third-order valence-corrected chi connectivity index (χ3v) is 5.94. The fraction of sp³-hybridized carbons (Fsp3) is 0.524. The van der Waals surface area contributed by atoms with E-state index in [-0.39, 0.29) is 29.0 Å². The molecule has 1 unspecified atom stereocenters. The summed E-state index contributed by atoms with van der Waals surface area (Å²) in [5, 5.41) is 9.49. The lowest BCUT2D eigenvalue weighted by Crippen LogP contribution is -2.30. The zero-order valence-electron chi connectivity index (χ0n) is 16.7. The van der Waals surface area contributed by atoms with Crippen LogP contribution in [0.1, 0.15) is 49.5 Å². The van der Waals surface area contributed by atoms with Crippen LogP contribution in [-0.2, 0) is 0 Å². The van der Waals surface area contributed by atoms with Gasteiger partial charge in [0.05, 0.1) is 17.5 Å². The standard InChI is InChI=1S/C21H26FN3O4/c1-3-29-20-17-14(19(26)15(21(27)28)10-25(17)13-4-5-13)8-16(22)18(20)24-7-6-12(9-24)11(2)23/h8,10-13H,3-7,9,23H2,1-2H3,(H,27,28)/t11?,12-/m0/s1. The van der Waals surface area contributed by atoms with E-state index in [0.29, 0.717) is 36.6 Å². The molecule has 2 atom stereocenters. The molecule has 2 aromatic rings. The van der Waals surface area contributed by atoms with Crippen molar-refractivity contribution in [2.24, 2.45) is 11.7 Å². The number of nitrogens with two attached hydrogens (primary N) is 1. The molecule has 1 aliphatic carbocycles. The minimum Gasteiger partial charge on any atom is -0.489 e. The number of rotatable bonds is 6. The van der Waals surface area contributed by atoms with E-state index in [0.717, 1.165) is 19.3 Å². The maximum Gasteiger partial charge on any atom is 0.341 e. The van der Waals surface area contributed by atoms with Gasteiger partial charge in [0.2, 0.25) is 5.43 Å². The minimum atomic E-state index is -1.31. The van der Waals surface area contributed by atoms with Crippen LogP contribution in [0.25, 0.3) is 10.9 Å². The van der Waals surface area contributed by atoms with Gasteiger partial charge in [0.1, 0.15) is 11.3 Å². The van der Waals surface area contributed by atoms with Gasteiger partial charge in [-0.05, 0) is 45.1 Å². The highest BCUT2D eigenvalue weighted by molar-refractivity contribution is 5.97. The highest BCUT2D eigenvalue weighted by Gasteiger charge is 2.34. The molecule has 1 aliphatic heterocycles. The normalized spacial score (nSPS) is 20.3. The van der Waals surface area contributed by atoms with Gasteiger partial charge < -0.3 is 25.0 Å². The third kappa shape index (κ3) is 3.35. The Bertz CT molecular complexity index is 1030. The largest absolute Gasteiger partial charge is 0.489 e. The number of nitrogens with zero attached hydrogens (tertiary/aromatic N) is 2. The molecule has 8 heteroatoms. The van der Waals surface area contributed by atoms with E-state index in [4.69, 9.17) is 10.5 Å². The van der Waals surface area contributed by atoms with Crippen molar-refractivity contribution in [3.8, 4) is 5.75 Å². The number of benzene rings is 1. The lowest BCUT2D eigenvalue weighted by Gasteiger charge is -2.25. The molecule has 0 radical (unpaired) electrons. The number of hydrogen-bond acceptors (Lipinski definition) is 5. The first-order valence-electron chi connectivity index (χ1n) is 10.1. The van der Waals surface area contributed by atoms with E-state index in [9.17, 15) is 14.7 Å². The second-order valence-corrected chi connectivity index (χ2v) is 8.03. The van der Waals surface area contributed by atoms with Crippen LogP contribution < -0.4 is 20.8 Å². The number of ether oxygens (including phenoxy) is 1. The summed E-state index contributed by atoms with van der Waals surface area (Å²) >= 11 is 0. The van der Waals surface area contributed by atoms with Crippen LogP contribution in [0, 0.1) is 11.7 Å². The van der Waals surface area contributed by atoms with Crippen LogP contribution >= 0.6 is 0 Å². The molecule has 1 aromatic carbocycles. The summed E-state index contributed by atoms with van der Waals surface area (Å²) in [4.78, 5) is 26.3. The molecule has 156 valence electrons. The van der Waals surface area contributed by atoms with Crippen LogP contribution in [0.15, 0.2) is 17.1 Å². The lowest BCUT2D eigenvalue weighted by molar-refractivity contribution is 0.0694. The summed E-state index contributed by atoms with van der Waals surface area (Å²) in [6.07, 6.45) is 4.00. The fourth-order valence-corrected chi connectivity index (χ4v) is 4.23. The number of fused-ring (bicyclic) bond motifs is 1. The van der Waals surface area contributed by atoms with E-state index in [1.54, 1.807) is 11.5 Å². The number of anilines is 1. The maximum absolute atomic E-state index is 15.3. The summed E-state index contributed by atoms with van der Waals surface area (Å²) < 4.78 is 23.0. The van der Waals surface area contributed by atoms with Gasteiger partial charge in [-0.1, -0.05) is 0 Å². The van der Waals surface area contributed by atoms with E-state index in [1.807, 2.05) is 11.8 Å². The van der Waals surface area contributed by atoms with Gasteiger partial charge in [0.25, 0.3) is 0 Å². The Morgan fingerprint density at radius 2 is 2.14 bits per heavy atom. The first-order chi connectivity index (χ1) is 13.8. The van der Waals surface area contributed by atoms with Gasteiger partial charge in [-0.15, -0.1) is 0 Å². The Labute approximate surface area is 167 Å². The van der Waals surface area contributed by atoms with Crippen molar-refractivity contribution in [2.75, 3.05) is 24.6 Å². The zero-order valence-corrected chi connectivity index (χ0v) is 16.7. The molecule has 1 aromatic heterocycles. The second-order valence-electron chi connectivity index (χ2n) is 8.03. The molecule has 29 heavy (non-hydrogen) atoms. The lowest BCUT2D eigenvalue weighted by atomic mass is 10.0. The first kappa shape index (κ1) is 19.7. The Morgan fingerprint density at radius 3 is 2.69 bits per heavy atom. The van der Waals surface area contributed by atoms with E-state index >= 15 is 4.39 Å². The molecule has 2 heterocycles. The summed E-state index contributed by atoms with van der Waals surface area (Å²) in [5.74, 6) is -1.32. The Hall–Kier alpha value is -2.61. The average molecular weight is 403 g/mol. The van der Waals surface area contributed by atoms with Gasteiger partial charge >= 0.3 is 5.97 Å². The highest BCUT2D eigenvalue weighted by Crippen LogP contribution is 2.44. The number of carbonyl (C=O) groups is 1. The third-order valence-electron chi connectivity index (χ3n) is 5.94. The van der Waals surface area contributed by atoms with Crippen molar-refractivity contribution in [2.45, 2.75) is 45.2 Å². The number of carboxylic acids is 1. The van der Waals surface area contributed by atoms with Crippen molar-refractivity contribution in [3.05, 3.63) is 33.9 Å². The molecule has 4 rings (SSSR count). The molecule has 0 amide bonds. The van der Waals surface area contributed by atoms with Crippen LogP contribution in [0.4, 0.5) is 10.1 Å². The van der Waals surface area contributed by atoms with Crippen molar-refractivity contribution < 1.29 is 19.0 Å². The van der Waals surface area contributed by atoms with Gasteiger partial charge in [0, 0.05) is 31.4 Å². The Morgan fingerprint density at radius 1 is 1.41 bits per heavy atom. The van der Waals surface area contributed by atoms with Crippen LogP contribution in [0.2, 0.25) is 0 Å². The Kier molecular flexibility index (Phi) is 4.98. The molecular formula is C21H26FN3O4. The number of aromatic carboxylic acids is 1. The predicted molar refractivity (Wildman–Crippen MR) is 109 cm³/mol. The highest BCUT2D eigenvalue weighted by atomic mass is 19.1. The smallest absolute Gasteiger partial charge is 0.341 e. The topological polar surface area (TPSA) is 97.8 Å². The Balaban J connectivity index is 1.98. The van der Waals surface area contributed by atoms with Crippen LogP contribution in [-0.4, -0.2) is 41.4 Å². The number of halogens is 1. The second kappa shape index (κ2) is 7.33. The summed E-state index contributed by atoms with van der Waals surface area (Å²) in [6.45, 7) is 5.32. The van der Waals surface area contributed by atoms with Crippen LogP contribution in [0.5, 0.6) is 5.75 Å². The predicted octanol–water partition coefficient (Wildman–Crippen LogP) is 2.75. The van der Waals surface area contributed by atoms with Gasteiger partial charge in [0.15, 0.2) is 11.6 Å². The maximum atomic E-state index is 15.3. The van der Waals surface area contributed by atoms with Crippen molar-refractivity contribution >= 4 is 22.6 Å². The van der Waals surface area contributed by atoms with Crippen LogP contribution in [0.3, 0.4) is 0 Å². The average Bonchev–Trinajstić information content (AvgIpc) is 3.39. The fourth-order valence-electron chi connectivity index (χ4n) is 4.23. The molecule has 0 spiro atoms. The number of pyridine rings is 1. The van der Waals surface area contributed by atoms with Crippen molar-refractivity contribution in [3.63, 3.8) is 0 Å². The SMILES string of the molecule is CCOc1c(N2CC[C@H](C(C)N)C2)c(F)cc2c(=O)c(C(=O)O)cn(C3CC3)c12. The van der Waals surface area contributed by atoms with E-state index in [1.165, 1.54) is 12.3 Å². The minimum absolute atomic E-state index is 0.00169. The molecular weight excluding hydrogens is 377 g/mol. The molecule has 1 saturated carbocycles. The van der Waals surface area contributed by atoms with E-state index < -0.39 is 17.2 Å². The summed E-state index contributed by atoms with van der Waals surface area (Å²) in [6, 6.07) is 1.26. The van der Waals surface area contributed by atoms with Gasteiger partial charge in [-0.3, -0.25) is 4.79 Å². The van der Waals surface area contributed by atoms with Crippen molar-refractivity contribution in [1.29, 1.82) is 0 Å². The summed E-state index contributed by atoms with van der Waals surface area (Å²) in [7, 11) is 0. The first-order valence-corrected chi connectivity index (χ1v) is 10.1.